The third kappa shape index (κ3) is 6.10. The Morgan fingerprint density at radius 2 is 1.78 bits per heavy atom. The maximum absolute atomic E-state index is 13.7. The molecule has 0 aromatic heterocycles. The van der Waals surface area contributed by atoms with Gasteiger partial charge in [0.1, 0.15) is 12.4 Å². The van der Waals surface area contributed by atoms with E-state index in [1.807, 2.05) is 6.92 Å². The molecule has 1 unspecified atom stereocenters. The summed E-state index contributed by atoms with van der Waals surface area (Å²) < 4.78 is 34.3. The quantitative estimate of drug-likeness (QED) is 0.550. The summed E-state index contributed by atoms with van der Waals surface area (Å²) in [6, 6.07) is 13.7. The van der Waals surface area contributed by atoms with Gasteiger partial charge in [-0.05, 0) is 38.2 Å². The fourth-order valence-electron chi connectivity index (χ4n) is 3.68. The molecule has 0 radical (unpaired) electrons. The number of aliphatic hydroxyl groups excluding tert-OH is 1. The largest absolute Gasteiger partial charge is 0.487 e. The number of piperazine rings is 1. The van der Waals surface area contributed by atoms with Crippen LogP contribution in [0.15, 0.2) is 66.1 Å². The lowest BCUT2D eigenvalue weighted by Crippen LogP contribution is -2.49. The van der Waals surface area contributed by atoms with Crippen LogP contribution in [0.5, 0.6) is 5.75 Å². The normalized spacial score (nSPS) is 16.5. The number of β-amino-alcohol motifs (C(OH)–C–C–N with tert-alkyl or cyclic N) is 1. The summed E-state index contributed by atoms with van der Waals surface area (Å²) in [6.07, 6.45) is 0.753. The van der Waals surface area contributed by atoms with E-state index < -0.39 is 16.1 Å². The van der Waals surface area contributed by atoms with Crippen molar-refractivity contribution in [3.63, 3.8) is 0 Å². The van der Waals surface area contributed by atoms with Crippen LogP contribution in [0.4, 0.5) is 5.69 Å². The Morgan fingerprint density at radius 3 is 2.44 bits per heavy atom. The minimum Gasteiger partial charge on any atom is -0.487 e. The molecule has 8 heteroatoms. The summed E-state index contributed by atoms with van der Waals surface area (Å²) in [7, 11) is -1.85. The van der Waals surface area contributed by atoms with E-state index in [-0.39, 0.29) is 18.0 Å². The number of nitrogens with zero attached hydrogens (tertiary/aromatic N) is 3. The van der Waals surface area contributed by atoms with E-state index >= 15 is 0 Å². The van der Waals surface area contributed by atoms with Crippen molar-refractivity contribution in [2.24, 2.45) is 0 Å². The van der Waals surface area contributed by atoms with E-state index in [1.54, 1.807) is 54.6 Å². The average molecular weight is 460 g/mol. The van der Waals surface area contributed by atoms with Crippen LogP contribution in [0.2, 0.25) is 0 Å². The second-order valence-electron chi connectivity index (χ2n) is 8.17. The first-order chi connectivity index (χ1) is 15.3. The second-order valence-corrected chi connectivity index (χ2v) is 10.0. The van der Waals surface area contributed by atoms with Gasteiger partial charge in [-0.15, -0.1) is 0 Å². The Hall–Kier alpha value is -2.39. The van der Waals surface area contributed by atoms with Crippen molar-refractivity contribution in [3.05, 3.63) is 66.7 Å². The molecule has 0 amide bonds. The number of aliphatic hydroxyl groups is 1. The van der Waals surface area contributed by atoms with Gasteiger partial charge in [-0.2, -0.15) is 0 Å². The van der Waals surface area contributed by atoms with Crippen LogP contribution >= 0.6 is 0 Å². The lowest BCUT2D eigenvalue weighted by atomic mass is 10.2. The van der Waals surface area contributed by atoms with Crippen LogP contribution in [0.1, 0.15) is 5.56 Å². The second kappa shape index (κ2) is 11.0. The van der Waals surface area contributed by atoms with Gasteiger partial charge in [-0.3, -0.25) is 9.21 Å². The molecule has 1 fully saturated rings. The summed E-state index contributed by atoms with van der Waals surface area (Å²) in [5.41, 5.74) is 1.37. The first-order valence-corrected chi connectivity index (χ1v) is 12.3. The van der Waals surface area contributed by atoms with E-state index in [9.17, 15) is 13.5 Å². The van der Waals surface area contributed by atoms with Crippen molar-refractivity contribution in [3.8, 4) is 5.75 Å². The van der Waals surface area contributed by atoms with Crippen LogP contribution in [-0.2, 0) is 10.0 Å². The molecule has 0 spiro atoms. The molecule has 1 N–H and O–H groups in total. The van der Waals surface area contributed by atoms with E-state index in [0.717, 1.165) is 31.7 Å². The summed E-state index contributed by atoms with van der Waals surface area (Å²) in [4.78, 5) is 4.58. The fourth-order valence-corrected chi connectivity index (χ4v) is 5.19. The maximum Gasteiger partial charge on any atom is 0.264 e. The highest BCUT2D eigenvalue weighted by molar-refractivity contribution is 7.92. The van der Waals surface area contributed by atoms with Gasteiger partial charge in [0.2, 0.25) is 0 Å². The number of hydrogen-bond acceptors (Lipinski definition) is 6. The van der Waals surface area contributed by atoms with Gasteiger partial charge in [-0.1, -0.05) is 42.5 Å². The zero-order valence-corrected chi connectivity index (χ0v) is 19.7. The molecule has 1 heterocycles. The Kier molecular flexibility index (Phi) is 8.31. The van der Waals surface area contributed by atoms with Crippen molar-refractivity contribution in [2.75, 3.05) is 57.2 Å². The molecule has 32 heavy (non-hydrogen) atoms. The molecule has 1 saturated heterocycles. The minimum absolute atomic E-state index is 0.0724. The number of benzene rings is 2. The van der Waals surface area contributed by atoms with Crippen LogP contribution in [0, 0.1) is 6.92 Å². The van der Waals surface area contributed by atoms with Crippen molar-refractivity contribution in [2.45, 2.75) is 17.9 Å². The van der Waals surface area contributed by atoms with E-state index in [0.29, 0.717) is 18.0 Å². The van der Waals surface area contributed by atoms with Crippen molar-refractivity contribution < 1.29 is 18.3 Å². The van der Waals surface area contributed by atoms with Crippen molar-refractivity contribution in [1.82, 2.24) is 9.80 Å². The highest BCUT2D eigenvalue weighted by Gasteiger charge is 2.30. The molecule has 174 valence electrons. The molecule has 1 atom stereocenters. The Labute approximate surface area is 191 Å². The number of sulfonamides is 1. The van der Waals surface area contributed by atoms with Gasteiger partial charge >= 0.3 is 0 Å². The standard InChI is InChI=1S/C24H33N3O4S/c1-4-17-31-24-8-6-5-7-23(24)27(32(29,30)22-11-9-20(2)10-12-22)19-21(28)18-26-15-13-25(3)14-16-26/h4-12,21,28H,1,13-19H2,2-3H3. The van der Waals surface area contributed by atoms with Crippen LogP contribution in [0.25, 0.3) is 0 Å². The molecule has 2 aromatic carbocycles. The minimum atomic E-state index is -3.92. The van der Waals surface area contributed by atoms with Gasteiger partial charge in [0.05, 0.1) is 23.2 Å². The van der Waals surface area contributed by atoms with E-state index in [1.165, 1.54) is 4.31 Å². The average Bonchev–Trinajstić information content (AvgIpc) is 2.78. The summed E-state index contributed by atoms with van der Waals surface area (Å²) in [5, 5.41) is 10.9. The first-order valence-electron chi connectivity index (χ1n) is 10.8. The van der Waals surface area contributed by atoms with Gasteiger partial charge in [0.15, 0.2) is 0 Å². The summed E-state index contributed by atoms with van der Waals surface area (Å²) in [6.45, 7) is 9.70. The zero-order valence-electron chi connectivity index (χ0n) is 18.9. The topological polar surface area (TPSA) is 73.3 Å². The molecule has 7 nitrogen and oxygen atoms in total. The monoisotopic (exact) mass is 459 g/mol. The molecular weight excluding hydrogens is 426 g/mol. The molecular formula is C24H33N3O4S. The van der Waals surface area contributed by atoms with Gasteiger partial charge in [-0.25, -0.2) is 8.42 Å². The lowest BCUT2D eigenvalue weighted by Gasteiger charge is -2.35. The molecule has 0 saturated carbocycles. The van der Waals surface area contributed by atoms with Crippen molar-refractivity contribution in [1.29, 1.82) is 0 Å². The number of rotatable bonds is 10. The number of para-hydroxylation sites is 2. The summed E-state index contributed by atoms with van der Waals surface area (Å²) >= 11 is 0. The van der Waals surface area contributed by atoms with Crippen LogP contribution < -0.4 is 9.04 Å². The number of anilines is 1. The Bertz CT molecular complexity index is 987. The van der Waals surface area contributed by atoms with E-state index in [2.05, 4.69) is 23.4 Å². The number of aryl methyl sites for hydroxylation is 1. The number of ether oxygens (including phenoxy) is 1. The molecule has 0 aliphatic carbocycles. The van der Waals surface area contributed by atoms with Crippen LogP contribution in [0.3, 0.4) is 0 Å². The number of likely N-dealkylation sites (N-methyl/N-ethyl adjacent to an activating group) is 1. The molecule has 3 rings (SSSR count). The Morgan fingerprint density at radius 1 is 1.12 bits per heavy atom. The van der Waals surface area contributed by atoms with Crippen molar-refractivity contribution >= 4 is 15.7 Å². The molecule has 2 aromatic rings. The third-order valence-electron chi connectivity index (χ3n) is 5.54. The predicted octanol–water partition coefficient (Wildman–Crippen LogP) is 2.36. The third-order valence-corrected chi connectivity index (χ3v) is 7.33. The van der Waals surface area contributed by atoms with Gasteiger partial charge < -0.3 is 14.7 Å². The first kappa shape index (κ1) is 24.3. The smallest absolute Gasteiger partial charge is 0.264 e. The number of hydrogen-bond donors (Lipinski definition) is 1. The zero-order chi connectivity index (χ0) is 23.1. The SMILES string of the molecule is C=CCOc1ccccc1N(CC(O)CN1CCN(C)CC1)S(=O)(=O)c1ccc(C)cc1. The lowest BCUT2D eigenvalue weighted by molar-refractivity contribution is 0.0853. The predicted molar refractivity (Wildman–Crippen MR) is 128 cm³/mol. The van der Waals surface area contributed by atoms with E-state index in [4.69, 9.17) is 4.74 Å². The Balaban J connectivity index is 1.91. The van der Waals surface area contributed by atoms with Gasteiger partial charge in [0.25, 0.3) is 10.0 Å². The summed E-state index contributed by atoms with van der Waals surface area (Å²) in [5.74, 6) is 0.426. The highest BCUT2D eigenvalue weighted by Crippen LogP contribution is 2.33. The van der Waals surface area contributed by atoms with Gasteiger partial charge in [0, 0.05) is 32.7 Å². The fraction of sp³-hybridized carbons (Fsp3) is 0.417. The maximum atomic E-state index is 13.7. The molecule has 1 aliphatic heterocycles. The molecule has 1 aliphatic rings. The van der Waals surface area contributed by atoms with Crippen LogP contribution in [-0.4, -0.2) is 82.4 Å². The molecule has 0 bridgehead atoms. The highest BCUT2D eigenvalue weighted by atomic mass is 32.2.